The number of aryl methyl sites for hydroxylation is 1. The first-order chi connectivity index (χ1) is 6.69. The number of hydrogen-bond donors (Lipinski definition) is 2. The van der Waals surface area contributed by atoms with Crippen LogP contribution in [-0.4, -0.2) is 23.1 Å². The molecular weight excluding hydrogens is 180 g/mol. The average molecular weight is 190 g/mol. The number of nitrogen functional groups attached to an aromatic ring is 1. The normalized spacial score (nSPS) is 9.07. The molecule has 0 aromatic carbocycles. The highest BCUT2D eigenvalue weighted by Crippen LogP contribution is 2.18. The van der Waals surface area contributed by atoms with Crippen molar-refractivity contribution in [3.05, 3.63) is 5.82 Å². The Hall–Kier alpha value is -2.21. The lowest BCUT2D eigenvalue weighted by Crippen LogP contribution is -2.25. The molecule has 3 N–H and O–H groups in total. The number of aromatic amines is 1. The summed E-state index contributed by atoms with van der Waals surface area (Å²) in [5, 5.41) is 17.1. The van der Waals surface area contributed by atoms with E-state index < -0.39 is 0 Å². The third kappa shape index (κ3) is 1.93. The van der Waals surface area contributed by atoms with Crippen molar-refractivity contribution < 1.29 is 0 Å². The number of nitrogens with two attached hydrogens (primary N) is 1. The third-order valence-corrected chi connectivity index (χ3v) is 1.65. The van der Waals surface area contributed by atoms with Crippen molar-refractivity contribution in [2.75, 3.05) is 23.7 Å². The summed E-state index contributed by atoms with van der Waals surface area (Å²) in [6, 6.07) is 3.91. The second-order valence-electron chi connectivity index (χ2n) is 2.73. The van der Waals surface area contributed by atoms with Crippen molar-refractivity contribution in [2.24, 2.45) is 0 Å². The summed E-state index contributed by atoms with van der Waals surface area (Å²) >= 11 is 0. The Balaban J connectivity index is 2.94. The van der Waals surface area contributed by atoms with Gasteiger partial charge in [-0.15, -0.1) is 0 Å². The molecule has 0 aliphatic carbocycles. The molecule has 6 heteroatoms. The van der Waals surface area contributed by atoms with Crippen LogP contribution in [0.1, 0.15) is 5.82 Å². The first-order valence-corrected chi connectivity index (χ1v) is 4.00. The summed E-state index contributed by atoms with van der Waals surface area (Å²) in [5.74, 6) is 1.51. The second-order valence-corrected chi connectivity index (χ2v) is 2.73. The SMILES string of the molecule is Cc1nc(N(CC#N)CC#N)c(N)[nH]1. The van der Waals surface area contributed by atoms with Gasteiger partial charge < -0.3 is 15.6 Å². The van der Waals surface area contributed by atoms with Crippen LogP contribution in [0.3, 0.4) is 0 Å². The summed E-state index contributed by atoms with van der Waals surface area (Å²) in [7, 11) is 0. The zero-order chi connectivity index (χ0) is 10.6. The molecule has 0 aliphatic rings. The highest BCUT2D eigenvalue weighted by molar-refractivity contribution is 5.59. The van der Waals surface area contributed by atoms with Gasteiger partial charge in [0, 0.05) is 0 Å². The van der Waals surface area contributed by atoms with Crippen molar-refractivity contribution in [2.45, 2.75) is 6.92 Å². The Kier molecular flexibility index (Phi) is 2.93. The maximum Gasteiger partial charge on any atom is 0.173 e. The number of anilines is 2. The van der Waals surface area contributed by atoms with E-state index in [1.807, 2.05) is 12.1 Å². The van der Waals surface area contributed by atoms with Gasteiger partial charge in [0.2, 0.25) is 0 Å². The molecule has 0 fully saturated rings. The zero-order valence-corrected chi connectivity index (χ0v) is 7.78. The summed E-state index contributed by atoms with van der Waals surface area (Å²) in [6.45, 7) is 1.96. The number of nitrogens with zero attached hydrogens (tertiary/aromatic N) is 4. The quantitative estimate of drug-likeness (QED) is 0.660. The van der Waals surface area contributed by atoms with Gasteiger partial charge in [0.15, 0.2) is 5.82 Å². The van der Waals surface area contributed by atoms with Crippen LogP contribution in [0.15, 0.2) is 0 Å². The second kappa shape index (κ2) is 4.15. The smallest absolute Gasteiger partial charge is 0.173 e. The van der Waals surface area contributed by atoms with Gasteiger partial charge in [0.05, 0.1) is 12.1 Å². The maximum absolute atomic E-state index is 8.54. The van der Waals surface area contributed by atoms with Crippen molar-refractivity contribution >= 4 is 11.6 Å². The van der Waals surface area contributed by atoms with Gasteiger partial charge in [-0.1, -0.05) is 0 Å². The van der Waals surface area contributed by atoms with Crippen LogP contribution in [0.25, 0.3) is 0 Å². The van der Waals surface area contributed by atoms with Gasteiger partial charge in [0.25, 0.3) is 0 Å². The molecule has 0 amide bonds. The molecule has 1 aromatic rings. The first-order valence-electron chi connectivity index (χ1n) is 4.00. The highest BCUT2D eigenvalue weighted by Gasteiger charge is 2.12. The van der Waals surface area contributed by atoms with E-state index in [0.717, 1.165) is 0 Å². The number of hydrogen-bond acceptors (Lipinski definition) is 5. The van der Waals surface area contributed by atoms with E-state index >= 15 is 0 Å². The molecule has 0 spiro atoms. The minimum atomic E-state index is 0.0993. The van der Waals surface area contributed by atoms with Crippen LogP contribution < -0.4 is 10.6 Å². The van der Waals surface area contributed by atoms with E-state index in [0.29, 0.717) is 17.5 Å². The van der Waals surface area contributed by atoms with E-state index in [-0.39, 0.29) is 13.1 Å². The Labute approximate surface area is 81.6 Å². The van der Waals surface area contributed by atoms with Crippen LogP contribution in [0.4, 0.5) is 11.6 Å². The average Bonchev–Trinajstić information content (AvgIpc) is 2.45. The third-order valence-electron chi connectivity index (χ3n) is 1.65. The number of H-pyrrole nitrogens is 1. The number of rotatable bonds is 3. The Morgan fingerprint density at radius 1 is 1.43 bits per heavy atom. The van der Waals surface area contributed by atoms with Crippen LogP contribution in [-0.2, 0) is 0 Å². The lowest BCUT2D eigenvalue weighted by atomic mass is 10.4. The van der Waals surface area contributed by atoms with E-state index in [1.165, 1.54) is 4.90 Å². The van der Waals surface area contributed by atoms with Crippen LogP contribution in [0.5, 0.6) is 0 Å². The molecule has 0 saturated heterocycles. The molecule has 0 saturated carbocycles. The van der Waals surface area contributed by atoms with Gasteiger partial charge in [0.1, 0.15) is 24.7 Å². The molecule has 6 nitrogen and oxygen atoms in total. The van der Waals surface area contributed by atoms with Crippen LogP contribution in [0.2, 0.25) is 0 Å². The summed E-state index contributed by atoms with van der Waals surface area (Å²) < 4.78 is 0. The lowest BCUT2D eigenvalue weighted by Gasteiger charge is -2.14. The predicted octanol–water partition coefficient (Wildman–Crippen LogP) is 0.154. The fraction of sp³-hybridized carbons (Fsp3) is 0.375. The molecular formula is C8H10N6. The fourth-order valence-electron chi connectivity index (χ4n) is 1.12. The molecule has 0 aliphatic heterocycles. The Morgan fingerprint density at radius 2 is 2.00 bits per heavy atom. The number of aromatic nitrogens is 2. The largest absolute Gasteiger partial charge is 0.382 e. The molecule has 14 heavy (non-hydrogen) atoms. The highest BCUT2D eigenvalue weighted by atomic mass is 15.2. The summed E-state index contributed by atoms with van der Waals surface area (Å²) in [6.07, 6.45) is 0. The number of nitriles is 2. The zero-order valence-electron chi connectivity index (χ0n) is 7.78. The molecule has 1 aromatic heterocycles. The molecule has 0 atom stereocenters. The molecule has 1 heterocycles. The van der Waals surface area contributed by atoms with Crippen LogP contribution in [0, 0.1) is 29.6 Å². The Morgan fingerprint density at radius 3 is 2.36 bits per heavy atom. The minimum Gasteiger partial charge on any atom is -0.382 e. The van der Waals surface area contributed by atoms with Gasteiger partial charge in [-0.3, -0.25) is 0 Å². The molecule has 72 valence electrons. The number of nitrogens with one attached hydrogen (secondary N) is 1. The van der Waals surface area contributed by atoms with Crippen molar-refractivity contribution in [3.63, 3.8) is 0 Å². The lowest BCUT2D eigenvalue weighted by molar-refractivity contribution is 0.941. The maximum atomic E-state index is 8.54. The Bertz CT molecular complexity index is 377. The van der Waals surface area contributed by atoms with Gasteiger partial charge >= 0.3 is 0 Å². The fourth-order valence-corrected chi connectivity index (χ4v) is 1.12. The summed E-state index contributed by atoms with van der Waals surface area (Å²) in [5.41, 5.74) is 5.62. The predicted molar refractivity (Wildman–Crippen MR) is 51.2 cm³/mol. The van der Waals surface area contributed by atoms with Crippen LogP contribution >= 0.6 is 0 Å². The molecule has 0 bridgehead atoms. The topological polar surface area (TPSA) is 106 Å². The van der Waals surface area contributed by atoms with E-state index in [9.17, 15) is 0 Å². The van der Waals surface area contributed by atoms with E-state index in [2.05, 4.69) is 9.97 Å². The molecule has 1 rings (SSSR count). The summed E-state index contributed by atoms with van der Waals surface area (Å²) in [4.78, 5) is 8.41. The van der Waals surface area contributed by atoms with Gasteiger partial charge in [-0.2, -0.15) is 10.5 Å². The van der Waals surface area contributed by atoms with Gasteiger partial charge in [-0.25, -0.2) is 4.98 Å². The van der Waals surface area contributed by atoms with E-state index in [4.69, 9.17) is 16.3 Å². The van der Waals surface area contributed by atoms with E-state index in [1.54, 1.807) is 6.92 Å². The van der Waals surface area contributed by atoms with Crippen molar-refractivity contribution in [1.29, 1.82) is 10.5 Å². The minimum absolute atomic E-state index is 0.0993. The first kappa shape index (κ1) is 9.87. The standard InChI is InChI=1S/C8H10N6/c1-6-12-7(11)8(13-6)14(4-2-9)5-3-10/h4-5,11H2,1H3,(H,12,13). The molecule has 0 radical (unpaired) electrons. The number of imidazole rings is 1. The van der Waals surface area contributed by atoms with Gasteiger partial charge in [-0.05, 0) is 6.92 Å². The molecule has 0 unspecified atom stereocenters. The van der Waals surface area contributed by atoms with Crippen molar-refractivity contribution in [1.82, 2.24) is 9.97 Å². The van der Waals surface area contributed by atoms with Crippen molar-refractivity contribution in [3.8, 4) is 12.1 Å². The monoisotopic (exact) mass is 190 g/mol.